The molecule has 216 valence electrons. The average molecular weight is 624 g/mol. The third-order valence-electron chi connectivity index (χ3n) is 5.39. The summed E-state index contributed by atoms with van der Waals surface area (Å²) in [6.07, 6.45) is -4.02. The zero-order chi connectivity index (χ0) is 29.7. The van der Waals surface area contributed by atoms with Crippen molar-refractivity contribution in [2.75, 3.05) is 6.61 Å². The molecule has 0 saturated carbocycles. The molecule has 0 aliphatic carbocycles. The fourth-order valence-electron chi connectivity index (χ4n) is 3.77. The van der Waals surface area contributed by atoms with Crippen molar-refractivity contribution in [3.63, 3.8) is 0 Å². The predicted octanol–water partition coefficient (Wildman–Crippen LogP) is 4.45. The molecule has 1 aliphatic heterocycles. The van der Waals surface area contributed by atoms with Crippen LogP contribution in [-0.2, 0) is 33.3 Å². The van der Waals surface area contributed by atoms with E-state index >= 15 is 0 Å². The second-order valence-corrected chi connectivity index (χ2v) is 10.4. The smallest absolute Gasteiger partial charge is 0.303 e. The van der Waals surface area contributed by atoms with Crippen LogP contribution in [0.2, 0.25) is 10.0 Å². The average Bonchev–Trinajstić information content (AvgIpc) is 2.86. The van der Waals surface area contributed by atoms with Crippen molar-refractivity contribution >= 4 is 58.8 Å². The first-order valence-corrected chi connectivity index (χ1v) is 13.1. The summed E-state index contributed by atoms with van der Waals surface area (Å²) in [5.74, 6) is -8.49. The first kappa shape index (κ1) is 31.5. The van der Waals surface area contributed by atoms with E-state index in [1.165, 1.54) is 12.1 Å². The van der Waals surface area contributed by atoms with Crippen molar-refractivity contribution in [1.29, 1.82) is 0 Å². The highest BCUT2D eigenvalue weighted by atomic mass is 35.5. The zero-order valence-electron chi connectivity index (χ0n) is 21.0. The van der Waals surface area contributed by atoms with Crippen LogP contribution in [0.3, 0.4) is 0 Å². The number of esters is 3. The molecule has 2 unspecified atom stereocenters. The van der Waals surface area contributed by atoms with Crippen molar-refractivity contribution in [2.45, 2.75) is 55.5 Å². The van der Waals surface area contributed by atoms with Crippen molar-refractivity contribution in [3.8, 4) is 0 Å². The number of nitrogens with one attached hydrogen (secondary N) is 1. The quantitative estimate of drug-likeness (QED) is 0.258. The molecule has 3 rings (SSSR count). The number of ether oxygens (including phenoxy) is 4. The van der Waals surface area contributed by atoms with Crippen LogP contribution >= 0.6 is 35.0 Å². The Hall–Kier alpha value is -3.00. The molecular formula is C25H22Cl2F3NO8S. The lowest BCUT2D eigenvalue weighted by molar-refractivity contribution is -0.203. The van der Waals surface area contributed by atoms with Crippen molar-refractivity contribution < 1.29 is 51.3 Å². The van der Waals surface area contributed by atoms with E-state index in [4.69, 9.17) is 42.1 Å². The molecule has 15 heteroatoms. The van der Waals surface area contributed by atoms with Gasteiger partial charge in [0.1, 0.15) is 24.2 Å². The molecule has 5 atom stereocenters. The Balaban J connectivity index is 2.07. The van der Waals surface area contributed by atoms with Crippen molar-refractivity contribution in [2.24, 2.45) is 0 Å². The number of carbonyl (C=O) groups is 4. The molecule has 1 heterocycles. The molecule has 1 fully saturated rings. The van der Waals surface area contributed by atoms with E-state index in [1.54, 1.807) is 6.07 Å². The predicted molar refractivity (Wildman–Crippen MR) is 136 cm³/mol. The molecule has 2 aromatic rings. The van der Waals surface area contributed by atoms with Crippen LogP contribution < -0.4 is 5.32 Å². The van der Waals surface area contributed by atoms with Gasteiger partial charge in [-0.05, 0) is 30.3 Å². The van der Waals surface area contributed by atoms with Crippen LogP contribution in [0.25, 0.3) is 0 Å². The normalized spacial score (nSPS) is 22.2. The maximum atomic E-state index is 13.9. The number of rotatable bonds is 8. The standard InChI is InChI=1S/C25H22Cl2F3NO8S/c1-10(32)36-9-19-22(37-11(2)33)21(31-24(35)13-6-17(28)20(30)18(29)7-13)23(38-12(3)34)25(39-19)40-14-4-5-15(26)16(27)8-14/h4-8,19,21-23,25H,9H2,1-3H3,(H,31,35)/t19?,21-,22-,23?,25+/m0/s1. The molecule has 0 aromatic heterocycles. The molecule has 2 aromatic carbocycles. The van der Waals surface area contributed by atoms with Crippen LogP contribution in [0.1, 0.15) is 31.1 Å². The van der Waals surface area contributed by atoms with E-state index in [1.807, 2.05) is 0 Å². The maximum Gasteiger partial charge on any atom is 0.303 e. The molecule has 0 radical (unpaired) electrons. The first-order chi connectivity index (χ1) is 18.8. The fourth-order valence-corrected chi connectivity index (χ4v) is 5.30. The molecule has 40 heavy (non-hydrogen) atoms. The summed E-state index contributed by atoms with van der Waals surface area (Å²) >= 11 is 13.1. The number of hydrogen-bond donors (Lipinski definition) is 1. The summed E-state index contributed by atoms with van der Waals surface area (Å²) in [5, 5.41) is 2.91. The van der Waals surface area contributed by atoms with Gasteiger partial charge in [0.25, 0.3) is 5.91 Å². The number of benzene rings is 2. The van der Waals surface area contributed by atoms with Crippen LogP contribution in [0, 0.1) is 17.5 Å². The second-order valence-electron chi connectivity index (χ2n) is 8.44. The lowest BCUT2D eigenvalue weighted by atomic mass is 9.96. The van der Waals surface area contributed by atoms with Gasteiger partial charge in [-0.3, -0.25) is 19.2 Å². The van der Waals surface area contributed by atoms with E-state index in [0.29, 0.717) is 17.0 Å². The molecule has 0 bridgehead atoms. The summed E-state index contributed by atoms with van der Waals surface area (Å²) in [5.41, 5.74) is -1.75. The topological polar surface area (TPSA) is 117 Å². The molecule has 1 amide bonds. The van der Waals surface area contributed by atoms with Gasteiger partial charge in [-0.15, -0.1) is 0 Å². The van der Waals surface area contributed by atoms with Gasteiger partial charge >= 0.3 is 17.9 Å². The Kier molecular flexibility index (Phi) is 10.7. The van der Waals surface area contributed by atoms with Gasteiger partial charge in [0.2, 0.25) is 0 Å². The van der Waals surface area contributed by atoms with Gasteiger partial charge in [-0.2, -0.15) is 0 Å². The van der Waals surface area contributed by atoms with Crippen LogP contribution in [0.15, 0.2) is 35.2 Å². The molecule has 0 spiro atoms. The third kappa shape index (κ3) is 8.03. The molecule has 1 saturated heterocycles. The molecule has 1 aliphatic rings. The van der Waals surface area contributed by atoms with E-state index in [0.717, 1.165) is 32.5 Å². The number of thioether (sulfide) groups is 1. The van der Waals surface area contributed by atoms with Crippen LogP contribution in [-0.4, -0.2) is 60.2 Å². The van der Waals surface area contributed by atoms with E-state index in [-0.39, 0.29) is 10.0 Å². The summed E-state index contributed by atoms with van der Waals surface area (Å²) in [6.45, 7) is 2.81. The highest BCUT2D eigenvalue weighted by molar-refractivity contribution is 7.99. The van der Waals surface area contributed by atoms with Crippen LogP contribution in [0.4, 0.5) is 13.2 Å². The number of halogens is 5. The summed E-state index contributed by atoms with van der Waals surface area (Å²) in [4.78, 5) is 49.3. The minimum Gasteiger partial charge on any atom is -0.463 e. The largest absolute Gasteiger partial charge is 0.463 e. The second kappa shape index (κ2) is 13.6. The monoisotopic (exact) mass is 623 g/mol. The molecule has 1 N–H and O–H groups in total. The van der Waals surface area contributed by atoms with Gasteiger partial charge < -0.3 is 24.3 Å². The minimum atomic E-state index is -1.78. The van der Waals surface area contributed by atoms with E-state index in [9.17, 15) is 32.3 Å². The fraction of sp³-hybridized carbons (Fsp3) is 0.360. The Bertz CT molecular complexity index is 1290. The molecular weight excluding hydrogens is 602 g/mol. The zero-order valence-corrected chi connectivity index (χ0v) is 23.4. The van der Waals surface area contributed by atoms with Gasteiger partial charge in [-0.25, -0.2) is 13.2 Å². The summed E-state index contributed by atoms with van der Waals surface area (Å²) < 4.78 is 63.1. The van der Waals surface area contributed by atoms with E-state index in [2.05, 4.69) is 5.32 Å². The lowest BCUT2D eigenvalue weighted by Crippen LogP contribution is -2.66. The lowest BCUT2D eigenvalue weighted by Gasteiger charge is -2.45. The van der Waals surface area contributed by atoms with Crippen molar-refractivity contribution in [1.82, 2.24) is 5.32 Å². The van der Waals surface area contributed by atoms with Gasteiger partial charge in [0.15, 0.2) is 29.7 Å². The van der Waals surface area contributed by atoms with E-state index < -0.39 is 83.2 Å². The highest BCUT2D eigenvalue weighted by Gasteiger charge is 2.51. The van der Waals surface area contributed by atoms with Gasteiger partial charge in [0, 0.05) is 31.2 Å². The Labute approximate surface area is 240 Å². The minimum absolute atomic E-state index is 0.200. The number of carbonyl (C=O) groups excluding carboxylic acids is 4. The third-order valence-corrected chi connectivity index (χ3v) is 7.27. The number of hydrogen-bond acceptors (Lipinski definition) is 9. The SMILES string of the molecule is CC(=O)OCC1O[C@H](Sc2ccc(Cl)c(Cl)c2)C(OC(C)=O)[C@@H](NC(=O)c2cc(F)c(F)c(F)c2)[C@H]1OC(C)=O. The number of amides is 1. The van der Waals surface area contributed by atoms with Gasteiger partial charge in [-0.1, -0.05) is 35.0 Å². The highest BCUT2D eigenvalue weighted by Crippen LogP contribution is 2.38. The maximum absolute atomic E-state index is 13.9. The Morgan fingerprint density at radius 1 is 0.900 bits per heavy atom. The van der Waals surface area contributed by atoms with Crippen molar-refractivity contribution in [3.05, 3.63) is 63.4 Å². The summed E-state index contributed by atoms with van der Waals surface area (Å²) in [7, 11) is 0. The Morgan fingerprint density at radius 2 is 1.50 bits per heavy atom. The van der Waals surface area contributed by atoms with Gasteiger partial charge in [0.05, 0.1) is 10.0 Å². The summed E-state index contributed by atoms with van der Waals surface area (Å²) in [6, 6.07) is 4.11. The molecule has 9 nitrogen and oxygen atoms in total. The van der Waals surface area contributed by atoms with Crippen LogP contribution in [0.5, 0.6) is 0 Å². The Morgan fingerprint density at radius 3 is 2.05 bits per heavy atom. The first-order valence-electron chi connectivity index (χ1n) is 11.5.